The van der Waals surface area contributed by atoms with Gasteiger partial charge < -0.3 is 20.7 Å². The van der Waals surface area contributed by atoms with Crippen molar-refractivity contribution >= 4 is 39.1 Å². The number of carbonyl (C=O) groups excluding carboxylic acids is 1. The summed E-state index contributed by atoms with van der Waals surface area (Å²) in [5.74, 6) is 0. The van der Waals surface area contributed by atoms with Crippen LogP contribution in [-0.2, 0) is 11.3 Å². The molecule has 2 heterocycles. The second-order valence-corrected chi connectivity index (χ2v) is 6.61. The Balaban J connectivity index is 1.50. The molecule has 1 saturated heterocycles. The van der Waals surface area contributed by atoms with Crippen molar-refractivity contribution in [2.24, 2.45) is 0 Å². The highest BCUT2D eigenvalue weighted by Crippen LogP contribution is 2.34. The number of rotatable bonds is 4. The lowest BCUT2D eigenvalue weighted by molar-refractivity contribution is 0.0307. The third-order valence-corrected chi connectivity index (χ3v) is 5.22. The van der Waals surface area contributed by atoms with E-state index in [1.165, 1.54) is 0 Å². The maximum Gasteiger partial charge on any atom is 0.315 e. The van der Waals surface area contributed by atoms with E-state index in [1.54, 1.807) is 11.3 Å². The molecule has 0 aliphatic carbocycles. The number of carbonyl (C=O) groups is 1. The van der Waals surface area contributed by atoms with Gasteiger partial charge in [-0.05, 0) is 6.07 Å². The van der Waals surface area contributed by atoms with Gasteiger partial charge in [0, 0.05) is 34.6 Å². The second-order valence-electron chi connectivity index (χ2n) is 5.10. The van der Waals surface area contributed by atoms with Gasteiger partial charge in [0.15, 0.2) is 0 Å². The highest BCUT2D eigenvalue weighted by Gasteiger charge is 2.15. The first-order valence-electron chi connectivity index (χ1n) is 7.24. The molecule has 0 saturated carbocycles. The molecule has 7 heteroatoms. The van der Waals surface area contributed by atoms with Crippen LogP contribution in [0, 0.1) is 0 Å². The molecule has 1 atom stereocenters. The number of nitrogens with one attached hydrogen (secondary N) is 3. The highest BCUT2D eigenvalue weighted by atomic mass is 35.5. The van der Waals surface area contributed by atoms with Crippen LogP contribution in [-0.4, -0.2) is 38.4 Å². The van der Waals surface area contributed by atoms with Gasteiger partial charge in [0.1, 0.15) is 0 Å². The van der Waals surface area contributed by atoms with E-state index < -0.39 is 0 Å². The minimum absolute atomic E-state index is 0.0346. The Morgan fingerprint density at radius 1 is 1.41 bits per heavy atom. The summed E-state index contributed by atoms with van der Waals surface area (Å²) < 4.78 is 6.66. The fourth-order valence-corrected chi connectivity index (χ4v) is 3.80. The molecule has 2 amide bonds. The second kappa shape index (κ2) is 7.28. The molecule has 0 unspecified atom stereocenters. The molecule has 22 heavy (non-hydrogen) atoms. The zero-order chi connectivity index (χ0) is 15.4. The van der Waals surface area contributed by atoms with Crippen molar-refractivity contribution < 1.29 is 9.53 Å². The van der Waals surface area contributed by atoms with Crippen molar-refractivity contribution in [3.05, 3.63) is 34.2 Å². The van der Waals surface area contributed by atoms with E-state index in [0.29, 0.717) is 19.7 Å². The molecule has 2 aromatic rings. The molecule has 3 N–H and O–H groups in total. The minimum Gasteiger partial charge on any atom is -0.374 e. The van der Waals surface area contributed by atoms with E-state index in [1.807, 2.05) is 24.3 Å². The van der Waals surface area contributed by atoms with Gasteiger partial charge in [0.05, 0.1) is 24.3 Å². The number of hydrogen-bond donors (Lipinski definition) is 3. The first-order chi connectivity index (χ1) is 10.7. The lowest BCUT2D eigenvalue weighted by Gasteiger charge is -2.23. The summed E-state index contributed by atoms with van der Waals surface area (Å²) >= 11 is 7.95. The van der Waals surface area contributed by atoms with Crippen LogP contribution in [0.4, 0.5) is 4.79 Å². The molecule has 5 nitrogen and oxygen atoms in total. The SMILES string of the molecule is O=C(NCc1sc2ccccc2c1Cl)NC[C@@H]1CNCCO1. The number of amides is 2. The summed E-state index contributed by atoms with van der Waals surface area (Å²) in [6.07, 6.45) is 0.0346. The maximum atomic E-state index is 11.8. The molecule has 3 rings (SSSR count). The van der Waals surface area contributed by atoms with Crippen LogP contribution in [0.3, 0.4) is 0 Å². The van der Waals surface area contributed by atoms with Crippen LogP contribution in [0.25, 0.3) is 10.1 Å². The van der Waals surface area contributed by atoms with Gasteiger partial charge in [-0.15, -0.1) is 11.3 Å². The van der Waals surface area contributed by atoms with E-state index in [2.05, 4.69) is 16.0 Å². The normalized spacial score (nSPS) is 18.3. The van der Waals surface area contributed by atoms with Gasteiger partial charge in [-0.1, -0.05) is 29.8 Å². The Labute approximate surface area is 138 Å². The third-order valence-electron chi connectivity index (χ3n) is 3.51. The average Bonchev–Trinajstić information content (AvgIpc) is 2.88. The molecule has 1 aromatic heterocycles. The summed E-state index contributed by atoms with van der Waals surface area (Å²) in [7, 11) is 0. The van der Waals surface area contributed by atoms with Crippen molar-refractivity contribution in [1.29, 1.82) is 0 Å². The molecule has 0 spiro atoms. The van der Waals surface area contributed by atoms with Crippen molar-refractivity contribution in [2.45, 2.75) is 12.6 Å². The Hall–Kier alpha value is -1.34. The zero-order valence-electron chi connectivity index (χ0n) is 12.0. The lowest BCUT2D eigenvalue weighted by atomic mass is 10.2. The van der Waals surface area contributed by atoms with Crippen molar-refractivity contribution in [3.8, 4) is 0 Å². The summed E-state index contributed by atoms with van der Waals surface area (Å²) in [4.78, 5) is 12.8. The van der Waals surface area contributed by atoms with Gasteiger partial charge in [-0.3, -0.25) is 0 Å². The quantitative estimate of drug-likeness (QED) is 0.801. The smallest absolute Gasteiger partial charge is 0.315 e. The molecule has 1 fully saturated rings. The van der Waals surface area contributed by atoms with E-state index >= 15 is 0 Å². The molecule has 1 aliphatic rings. The summed E-state index contributed by atoms with van der Waals surface area (Å²) in [6.45, 7) is 3.24. The molecule has 0 bridgehead atoms. The molecule has 1 aromatic carbocycles. The number of fused-ring (bicyclic) bond motifs is 1. The fourth-order valence-electron chi connectivity index (χ4n) is 2.36. The lowest BCUT2D eigenvalue weighted by Crippen LogP contribution is -2.47. The number of benzene rings is 1. The average molecular weight is 340 g/mol. The standard InChI is InChI=1S/C15H18ClN3O2S/c16-14-11-3-1-2-4-12(11)22-13(14)9-19-15(20)18-8-10-7-17-5-6-21-10/h1-4,10,17H,5-9H2,(H2,18,19,20)/t10-/m0/s1. The fraction of sp³-hybridized carbons (Fsp3) is 0.400. The highest BCUT2D eigenvalue weighted by molar-refractivity contribution is 7.19. The summed E-state index contributed by atoms with van der Waals surface area (Å²) in [5.41, 5.74) is 0. The Kier molecular flexibility index (Phi) is 5.15. The Morgan fingerprint density at radius 2 is 2.27 bits per heavy atom. The molecular weight excluding hydrogens is 322 g/mol. The minimum atomic E-state index is -0.206. The Morgan fingerprint density at radius 3 is 3.05 bits per heavy atom. The predicted octanol–water partition coefficient (Wildman–Crippen LogP) is 2.34. The van der Waals surface area contributed by atoms with Gasteiger partial charge >= 0.3 is 6.03 Å². The largest absolute Gasteiger partial charge is 0.374 e. The zero-order valence-corrected chi connectivity index (χ0v) is 13.6. The van der Waals surface area contributed by atoms with Crippen LogP contribution < -0.4 is 16.0 Å². The van der Waals surface area contributed by atoms with Gasteiger partial charge in [0.25, 0.3) is 0 Å². The monoisotopic (exact) mass is 339 g/mol. The first-order valence-corrected chi connectivity index (χ1v) is 8.43. The van der Waals surface area contributed by atoms with Gasteiger partial charge in [-0.25, -0.2) is 4.79 Å². The molecular formula is C15H18ClN3O2S. The van der Waals surface area contributed by atoms with E-state index in [4.69, 9.17) is 16.3 Å². The van der Waals surface area contributed by atoms with E-state index in [9.17, 15) is 4.79 Å². The Bertz CT molecular complexity index is 655. The van der Waals surface area contributed by atoms with Crippen LogP contribution in [0.2, 0.25) is 5.02 Å². The number of thiophene rings is 1. The number of hydrogen-bond acceptors (Lipinski definition) is 4. The van der Waals surface area contributed by atoms with Gasteiger partial charge in [-0.2, -0.15) is 0 Å². The number of morpholine rings is 1. The van der Waals surface area contributed by atoms with Gasteiger partial charge in [0.2, 0.25) is 0 Å². The topological polar surface area (TPSA) is 62.4 Å². The van der Waals surface area contributed by atoms with E-state index in [-0.39, 0.29) is 12.1 Å². The number of urea groups is 1. The summed E-state index contributed by atoms with van der Waals surface area (Å²) in [6, 6.07) is 7.76. The predicted molar refractivity (Wildman–Crippen MR) is 89.7 cm³/mol. The summed E-state index contributed by atoms with van der Waals surface area (Å²) in [5, 5.41) is 10.6. The number of ether oxygens (including phenoxy) is 1. The first kappa shape index (κ1) is 15.6. The molecule has 1 aliphatic heterocycles. The van der Waals surface area contributed by atoms with Crippen molar-refractivity contribution in [3.63, 3.8) is 0 Å². The van der Waals surface area contributed by atoms with Crippen LogP contribution in [0.15, 0.2) is 24.3 Å². The van der Waals surface area contributed by atoms with E-state index in [0.717, 1.165) is 33.1 Å². The number of halogens is 1. The van der Waals surface area contributed by atoms with Crippen LogP contribution in [0.1, 0.15) is 4.88 Å². The molecule has 0 radical (unpaired) electrons. The third kappa shape index (κ3) is 3.70. The van der Waals surface area contributed by atoms with Crippen molar-refractivity contribution in [1.82, 2.24) is 16.0 Å². The van der Waals surface area contributed by atoms with Crippen LogP contribution in [0.5, 0.6) is 0 Å². The van der Waals surface area contributed by atoms with Crippen LogP contribution >= 0.6 is 22.9 Å². The van der Waals surface area contributed by atoms with Crippen molar-refractivity contribution in [2.75, 3.05) is 26.2 Å². The molecule has 118 valence electrons. The maximum absolute atomic E-state index is 11.8.